The van der Waals surface area contributed by atoms with Crippen LogP contribution in [0, 0.1) is 0 Å². The van der Waals surface area contributed by atoms with E-state index in [2.05, 4.69) is 10.3 Å². The molecule has 0 aromatic heterocycles. The number of hydrogen-bond acceptors (Lipinski definition) is 4. The maximum absolute atomic E-state index is 12.1. The lowest BCUT2D eigenvalue weighted by Crippen LogP contribution is -2.21. The molecule has 116 valence electrons. The zero-order valence-electron chi connectivity index (χ0n) is 12.7. The molecule has 1 heterocycles. The highest BCUT2D eigenvalue weighted by Crippen LogP contribution is 2.29. The first-order valence-electron chi connectivity index (χ1n) is 7.76. The maximum atomic E-state index is 12.1. The number of amides is 1. The molecule has 5 heteroatoms. The van der Waals surface area contributed by atoms with E-state index in [0.29, 0.717) is 17.6 Å². The molecule has 1 amide bonds. The summed E-state index contributed by atoms with van der Waals surface area (Å²) in [6, 6.07) is 8.14. The topological polar surface area (TPSA) is 50.7 Å². The van der Waals surface area contributed by atoms with Crippen LogP contribution in [0.3, 0.4) is 0 Å². The molecule has 4 nitrogen and oxygen atoms in total. The van der Waals surface area contributed by atoms with Crippen LogP contribution in [0.4, 0.5) is 0 Å². The van der Waals surface area contributed by atoms with E-state index in [0.717, 1.165) is 29.3 Å². The second-order valence-electron chi connectivity index (χ2n) is 5.44. The average molecular weight is 316 g/mol. The Hall–Kier alpha value is -1.75. The number of benzene rings is 1. The van der Waals surface area contributed by atoms with E-state index in [4.69, 9.17) is 4.74 Å². The Morgan fingerprint density at radius 3 is 3.00 bits per heavy atom. The highest BCUT2D eigenvalue weighted by atomic mass is 32.2. The zero-order chi connectivity index (χ0) is 15.4. The molecular weight excluding hydrogens is 296 g/mol. The van der Waals surface area contributed by atoms with Crippen molar-refractivity contribution in [2.45, 2.75) is 38.6 Å². The highest BCUT2D eigenvalue weighted by molar-refractivity contribution is 8.18. The van der Waals surface area contributed by atoms with E-state index in [1.165, 1.54) is 24.6 Å². The first-order chi connectivity index (χ1) is 10.7. The summed E-state index contributed by atoms with van der Waals surface area (Å²) in [5.74, 6) is 0.753. The van der Waals surface area contributed by atoms with Crippen molar-refractivity contribution in [1.29, 1.82) is 0 Å². The summed E-state index contributed by atoms with van der Waals surface area (Å²) < 4.78 is 5.49. The van der Waals surface area contributed by atoms with Crippen LogP contribution in [-0.2, 0) is 4.79 Å². The number of thioether (sulfide) groups is 1. The minimum atomic E-state index is -0.0661. The van der Waals surface area contributed by atoms with Gasteiger partial charge in [-0.15, -0.1) is 0 Å². The van der Waals surface area contributed by atoms with Gasteiger partial charge in [0.1, 0.15) is 5.75 Å². The van der Waals surface area contributed by atoms with Crippen LogP contribution >= 0.6 is 11.8 Å². The third-order valence-electron chi connectivity index (χ3n) is 3.74. The number of ether oxygens (including phenoxy) is 1. The van der Waals surface area contributed by atoms with Crippen molar-refractivity contribution in [3.05, 3.63) is 34.7 Å². The number of nitrogens with one attached hydrogen (secondary N) is 1. The molecule has 1 aromatic rings. The summed E-state index contributed by atoms with van der Waals surface area (Å²) in [7, 11) is 0. The van der Waals surface area contributed by atoms with E-state index in [9.17, 15) is 4.79 Å². The Balaban J connectivity index is 1.74. The van der Waals surface area contributed by atoms with Gasteiger partial charge < -0.3 is 10.1 Å². The largest absolute Gasteiger partial charge is 0.494 e. The fourth-order valence-corrected chi connectivity index (χ4v) is 3.59. The lowest BCUT2D eigenvalue weighted by atomic mass is 10.2. The summed E-state index contributed by atoms with van der Waals surface area (Å²) in [4.78, 5) is 17.4. The van der Waals surface area contributed by atoms with Gasteiger partial charge in [0.15, 0.2) is 5.17 Å². The SMILES string of the molecule is CCOc1cccc(/C=C2\SC(=NC3CCCC3)NC2=O)c1. The fourth-order valence-electron chi connectivity index (χ4n) is 2.70. The van der Waals surface area contributed by atoms with Crippen LogP contribution in [0.25, 0.3) is 6.08 Å². The molecule has 0 bridgehead atoms. The first-order valence-corrected chi connectivity index (χ1v) is 8.58. The molecule has 3 rings (SSSR count). The van der Waals surface area contributed by atoms with Gasteiger partial charge in [0.25, 0.3) is 5.91 Å². The Morgan fingerprint density at radius 2 is 2.23 bits per heavy atom. The van der Waals surface area contributed by atoms with Crippen molar-refractivity contribution >= 4 is 28.9 Å². The van der Waals surface area contributed by atoms with Gasteiger partial charge in [-0.3, -0.25) is 9.79 Å². The Kier molecular flexibility index (Phi) is 4.83. The second-order valence-corrected chi connectivity index (χ2v) is 6.47. The van der Waals surface area contributed by atoms with Crippen molar-refractivity contribution in [2.24, 2.45) is 4.99 Å². The molecule has 22 heavy (non-hydrogen) atoms. The number of nitrogens with zero attached hydrogens (tertiary/aromatic N) is 1. The molecule has 2 fully saturated rings. The van der Waals surface area contributed by atoms with Crippen molar-refractivity contribution in [3.63, 3.8) is 0 Å². The van der Waals surface area contributed by atoms with Crippen LogP contribution in [0.1, 0.15) is 38.2 Å². The number of carbonyl (C=O) groups excluding carboxylic acids is 1. The molecule has 1 aromatic carbocycles. The molecule has 1 aliphatic carbocycles. The first kappa shape index (κ1) is 15.2. The predicted octanol–water partition coefficient (Wildman–Crippen LogP) is 3.59. The van der Waals surface area contributed by atoms with Gasteiger partial charge >= 0.3 is 0 Å². The molecule has 1 aliphatic heterocycles. The van der Waals surface area contributed by atoms with Crippen LogP contribution in [0.15, 0.2) is 34.2 Å². The third-order valence-corrected chi connectivity index (χ3v) is 4.67. The quantitative estimate of drug-likeness (QED) is 0.864. The van der Waals surface area contributed by atoms with Gasteiger partial charge in [-0.05, 0) is 55.3 Å². The number of amidine groups is 1. The van der Waals surface area contributed by atoms with E-state index in [-0.39, 0.29) is 5.91 Å². The Bertz CT molecular complexity index is 619. The molecule has 0 spiro atoms. The number of rotatable bonds is 4. The van der Waals surface area contributed by atoms with E-state index >= 15 is 0 Å². The fraction of sp³-hybridized carbons (Fsp3) is 0.412. The van der Waals surface area contributed by atoms with Crippen LogP contribution in [0.2, 0.25) is 0 Å². The van der Waals surface area contributed by atoms with E-state index in [1.807, 2.05) is 37.3 Å². The lowest BCUT2D eigenvalue weighted by molar-refractivity contribution is -0.115. The lowest BCUT2D eigenvalue weighted by Gasteiger charge is -2.03. The monoisotopic (exact) mass is 316 g/mol. The Morgan fingerprint density at radius 1 is 1.41 bits per heavy atom. The van der Waals surface area contributed by atoms with Crippen LogP contribution < -0.4 is 10.1 Å². The normalized spacial score (nSPS) is 22.5. The minimum Gasteiger partial charge on any atom is -0.494 e. The number of aliphatic imine (C=N–C) groups is 1. The van der Waals surface area contributed by atoms with Gasteiger partial charge in [0.2, 0.25) is 0 Å². The maximum Gasteiger partial charge on any atom is 0.264 e. The van der Waals surface area contributed by atoms with Gasteiger partial charge in [0.05, 0.1) is 17.6 Å². The van der Waals surface area contributed by atoms with Gasteiger partial charge in [-0.2, -0.15) is 0 Å². The smallest absolute Gasteiger partial charge is 0.264 e. The third kappa shape index (κ3) is 3.71. The summed E-state index contributed by atoms with van der Waals surface area (Å²) in [5.41, 5.74) is 0.964. The molecule has 1 saturated heterocycles. The van der Waals surface area contributed by atoms with Crippen LogP contribution in [0.5, 0.6) is 5.75 Å². The van der Waals surface area contributed by atoms with Crippen molar-refractivity contribution < 1.29 is 9.53 Å². The van der Waals surface area contributed by atoms with Crippen LogP contribution in [-0.4, -0.2) is 23.7 Å². The molecule has 0 unspecified atom stereocenters. The van der Waals surface area contributed by atoms with Gasteiger partial charge in [-0.1, -0.05) is 25.0 Å². The highest BCUT2D eigenvalue weighted by Gasteiger charge is 2.25. The Labute approximate surface area is 135 Å². The number of carbonyl (C=O) groups is 1. The number of hydrogen-bond donors (Lipinski definition) is 1. The molecule has 2 aliphatic rings. The molecule has 0 atom stereocenters. The van der Waals surface area contributed by atoms with E-state index in [1.54, 1.807) is 0 Å². The summed E-state index contributed by atoms with van der Waals surface area (Å²) in [6.07, 6.45) is 6.64. The molecular formula is C17H20N2O2S. The second kappa shape index (κ2) is 7.01. The summed E-state index contributed by atoms with van der Waals surface area (Å²) in [5, 5.41) is 3.61. The zero-order valence-corrected chi connectivity index (χ0v) is 13.5. The van der Waals surface area contributed by atoms with Crippen molar-refractivity contribution in [2.75, 3.05) is 6.61 Å². The summed E-state index contributed by atoms with van der Waals surface area (Å²) >= 11 is 1.43. The summed E-state index contributed by atoms with van der Waals surface area (Å²) in [6.45, 7) is 2.59. The van der Waals surface area contributed by atoms with Crippen molar-refractivity contribution in [3.8, 4) is 5.75 Å². The minimum absolute atomic E-state index is 0.0661. The molecule has 0 radical (unpaired) electrons. The predicted molar refractivity (Wildman–Crippen MR) is 91.0 cm³/mol. The standard InChI is InChI=1S/C17H20N2O2S/c1-2-21-14-9-5-6-12(10-14)11-15-16(20)19-17(22-15)18-13-7-3-4-8-13/h5-6,9-11,13H,2-4,7-8H2,1H3,(H,18,19,20)/b15-11-. The van der Waals surface area contributed by atoms with Gasteiger partial charge in [0, 0.05) is 0 Å². The average Bonchev–Trinajstić information content (AvgIpc) is 3.11. The molecule has 1 N–H and O–H groups in total. The molecule has 1 saturated carbocycles. The van der Waals surface area contributed by atoms with Gasteiger partial charge in [-0.25, -0.2) is 0 Å². The van der Waals surface area contributed by atoms with Crippen molar-refractivity contribution in [1.82, 2.24) is 5.32 Å². The van der Waals surface area contributed by atoms with E-state index < -0.39 is 0 Å².